The lowest BCUT2D eigenvalue weighted by molar-refractivity contribution is -0.140. The molecule has 7 nitrogen and oxygen atoms in total. The quantitative estimate of drug-likeness (QED) is 0.220. The van der Waals surface area contributed by atoms with E-state index >= 15 is 0 Å². The minimum Gasteiger partial charge on any atom is -0.493 e. The van der Waals surface area contributed by atoms with Crippen LogP contribution in [-0.4, -0.2) is 66.6 Å². The van der Waals surface area contributed by atoms with Crippen LogP contribution in [0.15, 0.2) is 48.7 Å². The van der Waals surface area contributed by atoms with Gasteiger partial charge in [0, 0.05) is 42.0 Å². The molecule has 1 amide bonds. The lowest BCUT2D eigenvalue weighted by Crippen LogP contribution is -2.69. The molecule has 2 fully saturated rings. The summed E-state index contributed by atoms with van der Waals surface area (Å²) in [4.78, 5) is 29.7. The Morgan fingerprint density at radius 1 is 1.17 bits per heavy atom. The smallest absolute Gasteiger partial charge is 0.416 e. The van der Waals surface area contributed by atoms with E-state index in [1.165, 1.54) is 30.2 Å². The topological polar surface area (TPSA) is 68.3 Å². The van der Waals surface area contributed by atoms with Crippen LogP contribution in [0.25, 0.3) is 0 Å². The molecule has 4 aliphatic rings. The van der Waals surface area contributed by atoms with Crippen molar-refractivity contribution >= 4 is 11.9 Å². The van der Waals surface area contributed by atoms with Crippen LogP contribution in [0.1, 0.15) is 62.3 Å². The molecule has 2 aliphatic carbocycles. The first kappa shape index (κ1) is 32.0. The van der Waals surface area contributed by atoms with Gasteiger partial charge < -0.3 is 19.1 Å². The van der Waals surface area contributed by atoms with Gasteiger partial charge in [-0.15, -0.1) is 0 Å². The average molecular weight is 637 g/mol. The third kappa shape index (κ3) is 5.53. The van der Waals surface area contributed by atoms with Crippen molar-refractivity contribution in [3.63, 3.8) is 0 Å². The van der Waals surface area contributed by atoms with E-state index in [0.717, 1.165) is 43.7 Å². The van der Waals surface area contributed by atoms with Crippen LogP contribution >= 0.6 is 0 Å². The van der Waals surface area contributed by atoms with Crippen molar-refractivity contribution in [3.05, 3.63) is 71.0 Å². The Morgan fingerprint density at radius 3 is 2.57 bits per heavy atom. The second-order valence-corrected chi connectivity index (χ2v) is 13.3. The van der Waals surface area contributed by atoms with Gasteiger partial charge in [-0.25, -0.2) is 0 Å². The number of piperidine rings is 1. The van der Waals surface area contributed by atoms with Crippen LogP contribution in [0.5, 0.6) is 11.5 Å². The van der Waals surface area contributed by atoms with Gasteiger partial charge in [-0.3, -0.25) is 14.5 Å². The van der Waals surface area contributed by atoms with E-state index in [0.29, 0.717) is 36.6 Å². The molecular formula is C36H39F3N2O5. The zero-order valence-corrected chi connectivity index (χ0v) is 26.6. The molecule has 0 radical (unpaired) electrons. The van der Waals surface area contributed by atoms with E-state index in [9.17, 15) is 22.8 Å². The number of ether oxygens (including phenoxy) is 3. The van der Waals surface area contributed by atoms with Gasteiger partial charge in [0.2, 0.25) is 0 Å². The summed E-state index contributed by atoms with van der Waals surface area (Å²) in [5.41, 5.74) is 1.62. The highest BCUT2D eigenvalue weighted by Gasteiger charge is 2.66. The molecule has 6 rings (SSSR count). The predicted octanol–water partition coefficient (Wildman–Crippen LogP) is 5.73. The summed E-state index contributed by atoms with van der Waals surface area (Å²) in [6.07, 6.45) is -1.60. The number of nitrogens with zero attached hydrogens (tertiary/aromatic N) is 2. The van der Waals surface area contributed by atoms with E-state index in [4.69, 9.17) is 14.2 Å². The third-order valence-corrected chi connectivity index (χ3v) is 10.0. The summed E-state index contributed by atoms with van der Waals surface area (Å²) in [7, 11) is 1.64. The molecule has 1 spiro atoms. The minimum atomic E-state index is -4.44. The Hall–Kier alpha value is -3.97. The molecule has 0 aromatic heterocycles. The Labute approximate surface area is 267 Å². The monoisotopic (exact) mass is 636 g/mol. The van der Waals surface area contributed by atoms with Gasteiger partial charge >= 0.3 is 12.1 Å². The number of carbonyl (C=O) groups is 2. The van der Waals surface area contributed by atoms with E-state index in [-0.39, 0.29) is 47.3 Å². The maximum Gasteiger partial charge on any atom is 0.416 e. The molecule has 5 atom stereocenters. The first-order valence-corrected chi connectivity index (χ1v) is 15.8. The van der Waals surface area contributed by atoms with Gasteiger partial charge in [0.15, 0.2) is 11.5 Å². The number of methoxy groups -OCH3 is 1. The van der Waals surface area contributed by atoms with E-state index in [2.05, 4.69) is 29.4 Å². The number of likely N-dealkylation sites (tertiary alicyclic amines) is 1. The van der Waals surface area contributed by atoms with Crippen LogP contribution in [0.4, 0.5) is 13.2 Å². The Kier molecular flexibility index (Phi) is 8.34. The van der Waals surface area contributed by atoms with E-state index in [1.807, 2.05) is 24.8 Å². The summed E-state index contributed by atoms with van der Waals surface area (Å²) in [5, 5.41) is 0. The SMILES string of the molecule is C=C(CN1CC[C@]23c4c5ccc(OC)c4O[C@H]2[C@@H](N(CC(C)C)C(=O)C#Cc2ccc(C(F)(F)F)cc2)CC[C@H]3[C@H]1C5)OC(C)=O. The fraction of sp³-hybridized carbons (Fsp3) is 0.500. The number of alkyl halides is 3. The van der Waals surface area contributed by atoms with Crippen molar-refractivity contribution in [2.75, 3.05) is 26.7 Å². The Balaban J connectivity index is 1.34. The third-order valence-electron chi connectivity index (χ3n) is 10.0. The Morgan fingerprint density at radius 2 is 1.91 bits per heavy atom. The molecule has 1 saturated carbocycles. The summed E-state index contributed by atoms with van der Waals surface area (Å²) in [6.45, 7) is 11.1. The Bertz CT molecular complexity index is 1610. The van der Waals surface area contributed by atoms with Crippen LogP contribution in [0.2, 0.25) is 0 Å². The molecular weight excluding hydrogens is 597 g/mol. The molecule has 2 bridgehead atoms. The number of amides is 1. The lowest BCUT2D eigenvalue weighted by Gasteiger charge is -2.60. The van der Waals surface area contributed by atoms with Crippen LogP contribution in [0.3, 0.4) is 0 Å². The zero-order chi connectivity index (χ0) is 33.0. The summed E-state index contributed by atoms with van der Waals surface area (Å²) >= 11 is 0. The van der Waals surface area contributed by atoms with Crippen molar-refractivity contribution in [1.82, 2.24) is 9.80 Å². The maximum atomic E-state index is 13.9. The van der Waals surface area contributed by atoms with Crippen LogP contribution in [0, 0.1) is 23.7 Å². The number of rotatable bonds is 7. The van der Waals surface area contributed by atoms with Crippen molar-refractivity contribution in [2.45, 2.75) is 76.2 Å². The highest BCUT2D eigenvalue weighted by molar-refractivity contribution is 5.94. The largest absolute Gasteiger partial charge is 0.493 e. The first-order valence-electron chi connectivity index (χ1n) is 15.8. The molecule has 2 heterocycles. The predicted molar refractivity (Wildman–Crippen MR) is 165 cm³/mol. The molecule has 0 unspecified atom stereocenters. The molecule has 0 N–H and O–H groups in total. The molecule has 2 aromatic carbocycles. The molecule has 2 aliphatic heterocycles. The van der Waals surface area contributed by atoms with Gasteiger partial charge in [-0.05, 0) is 80.0 Å². The summed E-state index contributed by atoms with van der Waals surface area (Å²) in [6, 6.07) is 8.50. The maximum absolute atomic E-state index is 13.9. The summed E-state index contributed by atoms with van der Waals surface area (Å²) in [5.74, 6) is 7.02. The highest BCUT2D eigenvalue weighted by atomic mass is 19.4. The van der Waals surface area contributed by atoms with Gasteiger partial charge in [0.05, 0.1) is 25.3 Å². The molecule has 2 aromatic rings. The van der Waals surface area contributed by atoms with Gasteiger partial charge in [-0.1, -0.05) is 32.4 Å². The van der Waals surface area contributed by atoms with Crippen molar-refractivity contribution < 1.29 is 37.0 Å². The van der Waals surface area contributed by atoms with E-state index in [1.54, 1.807) is 7.11 Å². The average Bonchev–Trinajstić information content (AvgIpc) is 3.34. The van der Waals surface area contributed by atoms with Crippen molar-refractivity contribution in [2.24, 2.45) is 11.8 Å². The zero-order valence-electron chi connectivity index (χ0n) is 26.6. The van der Waals surface area contributed by atoms with Gasteiger partial charge in [0.1, 0.15) is 11.9 Å². The van der Waals surface area contributed by atoms with Gasteiger partial charge in [0.25, 0.3) is 5.91 Å². The van der Waals surface area contributed by atoms with Gasteiger partial charge in [-0.2, -0.15) is 13.2 Å². The fourth-order valence-electron chi connectivity index (χ4n) is 8.43. The number of hydrogen-bond donors (Lipinski definition) is 0. The van der Waals surface area contributed by atoms with E-state index < -0.39 is 11.7 Å². The first-order chi connectivity index (χ1) is 21.8. The number of esters is 1. The summed E-state index contributed by atoms with van der Waals surface area (Å²) < 4.78 is 57.2. The van der Waals surface area contributed by atoms with Crippen molar-refractivity contribution in [3.8, 4) is 23.3 Å². The number of halogens is 3. The molecule has 1 saturated heterocycles. The van der Waals surface area contributed by atoms with Crippen LogP contribution < -0.4 is 9.47 Å². The second-order valence-electron chi connectivity index (χ2n) is 13.3. The second kappa shape index (κ2) is 12.0. The fourth-order valence-corrected chi connectivity index (χ4v) is 8.43. The normalized spacial score (nSPS) is 25.9. The number of hydrogen-bond acceptors (Lipinski definition) is 6. The van der Waals surface area contributed by atoms with Crippen molar-refractivity contribution in [1.29, 1.82) is 0 Å². The molecule has 10 heteroatoms. The minimum absolute atomic E-state index is 0.147. The molecule has 244 valence electrons. The standard InChI is InChI=1S/C36H39F3N2O5/c1-21(2)19-41(31(43)15-8-24-6-10-26(11-7-24)36(37,38)39)28-13-12-27-29-18-25-9-14-30(44-5)33-32(25)35(27,34(28)46-33)16-17-40(29)20-22(3)45-23(4)42/h6-7,9-11,14,21,27-29,34H,3,12-13,16-20H2,1-2,4-5H3/t27-,28-,29+,34-,35-/m0/s1. The number of benzene rings is 2. The highest BCUT2D eigenvalue weighted by Crippen LogP contribution is 2.64. The lowest BCUT2D eigenvalue weighted by atomic mass is 9.51. The molecule has 46 heavy (non-hydrogen) atoms. The number of carbonyl (C=O) groups excluding carboxylic acids is 2. The van der Waals surface area contributed by atoms with Crippen LogP contribution in [-0.2, 0) is 32.3 Å².